The van der Waals surface area contributed by atoms with Crippen molar-refractivity contribution in [3.05, 3.63) is 0 Å². The number of hydrogen-bond acceptors (Lipinski definition) is 4. The van der Waals surface area contributed by atoms with Crippen LogP contribution in [0.5, 0.6) is 0 Å². The highest BCUT2D eigenvalue weighted by molar-refractivity contribution is 5.76. The lowest BCUT2D eigenvalue weighted by Gasteiger charge is -2.26. The van der Waals surface area contributed by atoms with Crippen LogP contribution in [0, 0.1) is 0 Å². The van der Waals surface area contributed by atoms with Gasteiger partial charge in [0, 0.05) is 6.42 Å². The number of hydrogen-bond donors (Lipinski definition) is 4. The van der Waals surface area contributed by atoms with Crippen molar-refractivity contribution in [2.75, 3.05) is 6.61 Å². The minimum absolute atomic E-state index is 0.142. The maximum atomic E-state index is 12.4. The molecule has 264 valence electrons. The molecule has 0 aliphatic heterocycles. The third-order valence-electron chi connectivity index (χ3n) is 9.46. The van der Waals surface area contributed by atoms with Gasteiger partial charge in [-0.05, 0) is 12.8 Å². The van der Waals surface area contributed by atoms with Gasteiger partial charge in [0.2, 0.25) is 5.91 Å². The van der Waals surface area contributed by atoms with Crippen molar-refractivity contribution in [1.82, 2.24) is 5.32 Å². The van der Waals surface area contributed by atoms with Gasteiger partial charge < -0.3 is 20.6 Å². The first-order chi connectivity index (χ1) is 21.6. The summed E-state index contributed by atoms with van der Waals surface area (Å²) in [4.78, 5) is 12.4. The quantitative estimate of drug-likeness (QED) is 0.0521. The van der Waals surface area contributed by atoms with Gasteiger partial charge in [0.1, 0.15) is 6.10 Å². The molecule has 0 radical (unpaired) electrons. The summed E-state index contributed by atoms with van der Waals surface area (Å²) in [7, 11) is 0. The zero-order chi connectivity index (χ0) is 32.4. The van der Waals surface area contributed by atoms with E-state index in [2.05, 4.69) is 19.2 Å². The van der Waals surface area contributed by atoms with Gasteiger partial charge in [0.25, 0.3) is 0 Å². The van der Waals surface area contributed by atoms with E-state index < -0.39 is 18.2 Å². The summed E-state index contributed by atoms with van der Waals surface area (Å²) in [5.74, 6) is -0.142. The first kappa shape index (κ1) is 43.4. The molecule has 0 aromatic heterocycles. The van der Waals surface area contributed by atoms with Gasteiger partial charge in [-0.2, -0.15) is 0 Å². The highest BCUT2D eigenvalue weighted by Crippen LogP contribution is 2.16. The molecule has 44 heavy (non-hydrogen) atoms. The Morgan fingerprint density at radius 1 is 0.477 bits per heavy atom. The fourth-order valence-corrected chi connectivity index (χ4v) is 6.34. The van der Waals surface area contributed by atoms with E-state index in [0.29, 0.717) is 12.8 Å². The number of unbranched alkanes of at least 4 members (excludes halogenated alkanes) is 28. The third kappa shape index (κ3) is 30.0. The lowest BCUT2D eigenvalue weighted by atomic mass is 9.99. The van der Waals surface area contributed by atoms with E-state index in [-0.39, 0.29) is 12.5 Å². The van der Waals surface area contributed by atoms with Gasteiger partial charge in [-0.25, -0.2) is 0 Å². The van der Waals surface area contributed by atoms with Crippen LogP contribution < -0.4 is 5.32 Å². The van der Waals surface area contributed by atoms with Gasteiger partial charge in [0.05, 0.1) is 18.8 Å². The number of aliphatic hydroxyl groups excluding tert-OH is 3. The third-order valence-corrected chi connectivity index (χ3v) is 9.46. The molecule has 0 aliphatic carbocycles. The van der Waals surface area contributed by atoms with Crippen LogP contribution in [-0.4, -0.2) is 46.1 Å². The van der Waals surface area contributed by atoms with E-state index in [0.717, 1.165) is 38.5 Å². The molecule has 0 fully saturated rings. The Morgan fingerprint density at radius 2 is 0.773 bits per heavy atom. The summed E-state index contributed by atoms with van der Waals surface area (Å²) < 4.78 is 0. The zero-order valence-electron chi connectivity index (χ0n) is 29.8. The normalized spacial score (nSPS) is 13.7. The van der Waals surface area contributed by atoms with Crippen LogP contribution in [-0.2, 0) is 4.79 Å². The van der Waals surface area contributed by atoms with E-state index >= 15 is 0 Å². The fourth-order valence-electron chi connectivity index (χ4n) is 6.34. The highest BCUT2D eigenvalue weighted by atomic mass is 16.3. The number of amides is 1. The molecule has 0 spiro atoms. The SMILES string of the molecule is CCCCCCCCCCCCCCCCCCCCC(=O)N[C@@H](CO)[C@H](O)[C@H](O)CCCCCCCCCCCCCC. The summed E-state index contributed by atoms with van der Waals surface area (Å²) >= 11 is 0. The maximum Gasteiger partial charge on any atom is 0.220 e. The lowest BCUT2D eigenvalue weighted by molar-refractivity contribution is -0.124. The molecule has 4 N–H and O–H groups in total. The molecule has 0 saturated carbocycles. The van der Waals surface area contributed by atoms with Crippen molar-refractivity contribution in [3.63, 3.8) is 0 Å². The minimum atomic E-state index is -1.13. The summed E-state index contributed by atoms with van der Waals surface area (Å²) in [6.07, 6.45) is 37.7. The first-order valence-electron chi connectivity index (χ1n) is 19.8. The summed E-state index contributed by atoms with van der Waals surface area (Å²) in [5, 5.41) is 33.4. The van der Waals surface area contributed by atoms with Crippen LogP contribution in [0.15, 0.2) is 0 Å². The van der Waals surface area contributed by atoms with E-state index in [4.69, 9.17) is 0 Å². The van der Waals surface area contributed by atoms with Gasteiger partial charge in [-0.1, -0.05) is 200 Å². The van der Waals surface area contributed by atoms with Crippen LogP contribution in [0.4, 0.5) is 0 Å². The molecule has 0 aromatic carbocycles. The number of nitrogens with one attached hydrogen (secondary N) is 1. The molecule has 0 rings (SSSR count). The van der Waals surface area contributed by atoms with Crippen LogP contribution >= 0.6 is 0 Å². The molecule has 0 aromatic rings. The Hall–Kier alpha value is -0.650. The number of rotatable bonds is 36. The molecule has 0 bridgehead atoms. The Balaban J connectivity index is 3.61. The minimum Gasteiger partial charge on any atom is -0.394 e. The molecule has 3 atom stereocenters. The number of aliphatic hydroxyl groups is 3. The van der Waals surface area contributed by atoms with Crippen molar-refractivity contribution < 1.29 is 20.1 Å². The molecule has 0 heterocycles. The predicted octanol–water partition coefficient (Wildman–Crippen LogP) is 10.7. The molecule has 0 aliphatic rings. The van der Waals surface area contributed by atoms with Gasteiger partial charge >= 0.3 is 0 Å². The standard InChI is InChI=1S/C39H79NO4/c1-3-5-7-9-11-13-15-17-18-19-20-21-22-24-26-28-30-32-34-38(43)40-36(35-41)39(44)37(42)33-31-29-27-25-23-16-14-12-10-8-6-4-2/h36-37,39,41-42,44H,3-35H2,1-2H3,(H,40,43)/t36-,37+,39-/m0/s1. The Bertz CT molecular complexity index is 572. The molecule has 1 amide bonds. The topological polar surface area (TPSA) is 89.8 Å². The van der Waals surface area contributed by atoms with Crippen LogP contribution in [0.1, 0.15) is 219 Å². The Labute approximate surface area is 275 Å². The second kappa shape index (κ2) is 35.2. The van der Waals surface area contributed by atoms with E-state index in [1.54, 1.807) is 0 Å². The molecule has 5 nitrogen and oxygen atoms in total. The molecular weight excluding hydrogens is 546 g/mol. The predicted molar refractivity (Wildman–Crippen MR) is 190 cm³/mol. The zero-order valence-corrected chi connectivity index (χ0v) is 29.8. The molecule has 5 heteroatoms. The Kier molecular flexibility index (Phi) is 34.7. The van der Waals surface area contributed by atoms with E-state index in [9.17, 15) is 20.1 Å². The van der Waals surface area contributed by atoms with E-state index in [1.807, 2.05) is 0 Å². The van der Waals surface area contributed by atoms with Gasteiger partial charge in [-0.15, -0.1) is 0 Å². The van der Waals surface area contributed by atoms with Crippen molar-refractivity contribution in [2.45, 2.75) is 238 Å². The highest BCUT2D eigenvalue weighted by Gasteiger charge is 2.26. The lowest BCUT2D eigenvalue weighted by Crippen LogP contribution is -2.50. The second-order valence-corrected chi connectivity index (χ2v) is 13.9. The molecular formula is C39H79NO4. The van der Waals surface area contributed by atoms with Crippen molar-refractivity contribution in [2.24, 2.45) is 0 Å². The van der Waals surface area contributed by atoms with Crippen LogP contribution in [0.3, 0.4) is 0 Å². The smallest absolute Gasteiger partial charge is 0.220 e. The van der Waals surface area contributed by atoms with Crippen molar-refractivity contribution >= 4 is 5.91 Å². The number of carbonyl (C=O) groups is 1. The van der Waals surface area contributed by atoms with Crippen molar-refractivity contribution in [1.29, 1.82) is 0 Å². The Morgan fingerprint density at radius 3 is 1.09 bits per heavy atom. The maximum absolute atomic E-state index is 12.4. The fraction of sp³-hybridized carbons (Fsp3) is 0.974. The summed E-state index contributed by atoms with van der Waals surface area (Å²) in [6.45, 7) is 4.18. The van der Waals surface area contributed by atoms with Gasteiger partial charge in [-0.3, -0.25) is 4.79 Å². The number of carbonyl (C=O) groups excluding carboxylic acids is 1. The van der Waals surface area contributed by atoms with Crippen LogP contribution in [0.2, 0.25) is 0 Å². The average molecular weight is 626 g/mol. The average Bonchev–Trinajstić information content (AvgIpc) is 3.03. The molecule has 0 unspecified atom stereocenters. The molecule has 0 saturated heterocycles. The monoisotopic (exact) mass is 626 g/mol. The first-order valence-corrected chi connectivity index (χ1v) is 19.8. The summed E-state index contributed by atoms with van der Waals surface area (Å²) in [5.41, 5.74) is 0. The second-order valence-electron chi connectivity index (χ2n) is 13.9. The van der Waals surface area contributed by atoms with Gasteiger partial charge in [0.15, 0.2) is 0 Å². The largest absolute Gasteiger partial charge is 0.394 e. The van der Waals surface area contributed by atoms with E-state index in [1.165, 1.54) is 154 Å². The summed E-state index contributed by atoms with van der Waals surface area (Å²) in [6, 6.07) is -0.801. The van der Waals surface area contributed by atoms with Crippen molar-refractivity contribution in [3.8, 4) is 0 Å². The van der Waals surface area contributed by atoms with Crippen LogP contribution in [0.25, 0.3) is 0 Å².